The monoisotopic (exact) mass is 440 g/mol. The van der Waals surface area contributed by atoms with E-state index in [1.807, 2.05) is 0 Å². The molecule has 4 rings (SSSR count). The third-order valence-electron chi connectivity index (χ3n) is 6.15. The van der Waals surface area contributed by atoms with Gasteiger partial charge in [-0.2, -0.15) is 0 Å². The SMILES string of the molecule is O=C(c1ccc(F)cc1Cl)N1CCC2(CC1)CC(CN1CCCC1)OC2=O.O=CO. The fourth-order valence-corrected chi connectivity index (χ4v) is 4.82. The van der Waals surface area contributed by atoms with Gasteiger partial charge < -0.3 is 14.7 Å². The Morgan fingerprint density at radius 3 is 2.50 bits per heavy atom. The maximum Gasteiger partial charge on any atom is 0.312 e. The predicted octanol–water partition coefficient (Wildman–Crippen LogP) is 2.81. The fourth-order valence-electron chi connectivity index (χ4n) is 4.57. The van der Waals surface area contributed by atoms with Crippen molar-refractivity contribution in [3.8, 4) is 0 Å². The molecule has 7 nitrogen and oxygen atoms in total. The molecule has 1 aromatic rings. The minimum absolute atomic E-state index is 0.0376. The third kappa shape index (κ3) is 4.92. The van der Waals surface area contributed by atoms with Crippen molar-refractivity contribution in [2.75, 3.05) is 32.7 Å². The number of rotatable bonds is 3. The topological polar surface area (TPSA) is 87.2 Å². The largest absolute Gasteiger partial charge is 0.483 e. The molecule has 1 amide bonds. The summed E-state index contributed by atoms with van der Waals surface area (Å²) in [6.45, 7) is 3.71. The molecule has 1 unspecified atom stereocenters. The molecule has 3 fully saturated rings. The standard InChI is InChI=1S/C20H24ClFN2O3.CH2O2/c21-17-11-14(22)3-4-16(17)18(25)24-9-5-20(6-10-24)12-15(27-19(20)26)13-23-7-1-2-8-23;2-1-3/h3-4,11,15H,1-2,5-10,12-13H2;1H,(H,2,3). The van der Waals surface area contributed by atoms with E-state index >= 15 is 0 Å². The highest BCUT2D eigenvalue weighted by molar-refractivity contribution is 6.33. The first-order valence-corrected chi connectivity index (χ1v) is 10.5. The number of esters is 1. The molecule has 1 N–H and O–H groups in total. The number of cyclic esters (lactones) is 1. The van der Waals surface area contributed by atoms with Crippen LogP contribution < -0.4 is 0 Å². The van der Waals surface area contributed by atoms with Crippen molar-refractivity contribution in [1.82, 2.24) is 9.80 Å². The Balaban J connectivity index is 0.000000806. The lowest BCUT2D eigenvalue weighted by atomic mass is 9.76. The van der Waals surface area contributed by atoms with E-state index in [0.29, 0.717) is 31.5 Å². The Bertz CT molecular complexity index is 792. The molecule has 30 heavy (non-hydrogen) atoms. The number of ether oxygens (including phenoxy) is 1. The van der Waals surface area contributed by atoms with Crippen LogP contribution in [0.15, 0.2) is 18.2 Å². The van der Waals surface area contributed by atoms with Crippen molar-refractivity contribution < 1.29 is 28.6 Å². The molecule has 3 heterocycles. The second-order valence-corrected chi connectivity index (χ2v) is 8.45. The second-order valence-electron chi connectivity index (χ2n) is 8.04. The molecule has 1 spiro atoms. The summed E-state index contributed by atoms with van der Waals surface area (Å²) in [6, 6.07) is 3.81. The van der Waals surface area contributed by atoms with E-state index < -0.39 is 11.2 Å². The first-order valence-electron chi connectivity index (χ1n) is 10.1. The highest BCUT2D eigenvalue weighted by Crippen LogP contribution is 2.43. The molecule has 3 saturated heterocycles. The zero-order valence-corrected chi connectivity index (χ0v) is 17.4. The number of likely N-dealkylation sites (tertiary alicyclic amines) is 2. The summed E-state index contributed by atoms with van der Waals surface area (Å²) in [5.74, 6) is -0.791. The van der Waals surface area contributed by atoms with E-state index in [2.05, 4.69) is 4.90 Å². The van der Waals surface area contributed by atoms with Crippen LogP contribution in [0.2, 0.25) is 5.02 Å². The van der Waals surface area contributed by atoms with Gasteiger partial charge in [-0.3, -0.25) is 19.3 Å². The van der Waals surface area contributed by atoms with Crippen LogP contribution in [0.25, 0.3) is 0 Å². The number of nitrogens with zero attached hydrogens (tertiary/aromatic N) is 2. The molecule has 164 valence electrons. The molecule has 1 aromatic carbocycles. The van der Waals surface area contributed by atoms with Crippen LogP contribution in [-0.4, -0.2) is 72.1 Å². The van der Waals surface area contributed by atoms with Gasteiger partial charge in [0.2, 0.25) is 0 Å². The second kappa shape index (κ2) is 9.75. The summed E-state index contributed by atoms with van der Waals surface area (Å²) < 4.78 is 18.9. The lowest BCUT2D eigenvalue weighted by molar-refractivity contribution is -0.151. The molecular weight excluding hydrogens is 415 g/mol. The van der Waals surface area contributed by atoms with Gasteiger partial charge in [-0.1, -0.05) is 11.6 Å². The van der Waals surface area contributed by atoms with Gasteiger partial charge >= 0.3 is 5.97 Å². The number of hydrogen-bond acceptors (Lipinski definition) is 5. The summed E-state index contributed by atoms with van der Waals surface area (Å²) in [5, 5.41) is 7.01. The molecule has 0 aromatic heterocycles. The zero-order valence-electron chi connectivity index (χ0n) is 16.7. The Labute approximate surface area is 179 Å². The Morgan fingerprint density at radius 1 is 1.27 bits per heavy atom. The number of carboxylic acid groups (broad SMARTS) is 1. The zero-order chi connectivity index (χ0) is 21.7. The Morgan fingerprint density at radius 2 is 1.90 bits per heavy atom. The van der Waals surface area contributed by atoms with Gasteiger partial charge in [-0.15, -0.1) is 0 Å². The Kier molecular flexibility index (Phi) is 7.31. The van der Waals surface area contributed by atoms with Crippen LogP contribution in [0.1, 0.15) is 42.5 Å². The van der Waals surface area contributed by atoms with E-state index in [1.54, 1.807) is 4.90 Å². The van der Waals surface area contributed by atoms with Gasteiger partial charge in [-0.25, -0.2) is 4.39 Å². The predicted molar refractivity (Wildman–Crippen MR) is 108 cm³/mol. The molecule has 3 aliphatic heterocycles. The van der Waals surface area contributed by atoms with Crippen molar-refractivity contribution in [3.05, 3.63) is 34.6 Å². The van der Waals surface area contributed by atoms with Gasteiger partial charge in [-0.05, 0) is 57.0 Å². The summed E-state index contributed by atoms with van der Waals surface area (Å²) in [7, 11) is 0. The maximum atomic E-state index is 13.2. The number of carbonyl (C=O) groups is 3. The van der Waals surface area contributed by atoms with E-state index in [9.17, 15) is 14.0 Å². The Hall–Kier alpha value is -2.19. The van der Waals surface area contributed by atoms with Crippen molar-refractivity contribution in [2.45, 2.75) is 38.2 Å². The van der Waals surface area contributed by atoms with Crippen LogP contribution in [0, 0.1) is 11.2 Å². The number of halogens is 2. The minimum atomic E-state index is -0.466. The first kappa shape index (κ1) is 22.5. The van der Waals surface area contributed by atoms with Crippen molar-refractivity contribution in [2.24, 2.45) is 5.41 Å². The van der Waals surface area contributed by atoms with Crippen LogP contribution in [0.5, 0.6) is 0 Å². The van der Waals surface area contributed by atoms with Crippen LogP contribution in [0.3, 0.4) is 0 Å². The molecule has 9 heteroatoms. The van der Waals surface area contributed by atoms with Gasteiger partial charge in [0.25, 0.3) is 12.4 Å². The van der Waals surface area contributed by atoms with Crippen LogP contribution in [0.4, 0.5) is 4.39 Å². The normalized spacial score (nSPS) is 23.1. The molecule has 0 aliphatic carbocycles. The maximum absolute atomic E-state index is 13.2. The van der Waals surface area contributed by atoms with Gasteiger partial charge in [0.1, 0.15) is 11.9 Å². The number of piperidine rings is 1. The van der Waals surface area contributed by atoms with E-state index in [-0.39, 0.29) is 29.5 Å². The fraction of sp³-hybridized carbons (Fsp3) is 0.571. The van der Waals surface area contributed by atoms with Gasteiger partial charge in [0.15, 0.2) is 0 Å². The molecule has 0 radical (unpaired) electrons. The van der Waals surface area contributed by atoms with E-state index in [1.165, 1.54) is 25.0 Å². The molecule has 0 saturated carbocycles. The summed E-state index contributed by atoms with van der Waals surface area (Å²) in [4.78, 5) is 37.7. The van der Waals surface area contributed by atoms with Crippen LogP contribution >= 0.6 is 11.6 Å². The van der Waals surface area contributed by atoms with Crippen LogP contribution in [-0.2, 0) is 14.3 Å². The van der Waals surface area contributed by atoms with Gasteiger partial charge in [0.05, 0.1) is 16.0 Å². The van der Waals surface area contributed by atoms with E-state index in [0.717, 1.165) is 32.1 Å². The smallest absolute Gasteiger partial charge is 0.312 e. The highest BCUT2D eigenvalue weighted by Gasteiger charge is 2.51. The average molecular weight is 441 g/mol. The molecule has 3 aliphatic rings. The number of carbonyl (C=O) groups excluding carboxylic acids is 2. The average Bonchev–Trinajstić information content (AvgIpc) is 3.31. The van der Waals surface area contributed by atoms with Crippen molar-refractivity contribution in [3.63, 3.8) is 0 Å². The van der Waals surface area contributed by atoms with E-state index in [4.69, 9.17) is 26.2 Å². The lowest BCUT2D eigenvalue weighted by Gasteiger charge is -2.36. The highest BCUT2D eigenvalue weighted by atomic mass is 35.5. The quantitative estimate of drug-likeness (QED) is 0.574. The minimum Gasteiger partial charge on any atom is -0.483 e. The van der Waals surface area contributed by atoms with Crippen molar-refractivity contribution in [1.29, 1.82) is 0 Å². The number of hydrogen-bond donors (Lipinski definition) is 1. The van der Waals surface area contributed by atoms with Gasteiger partial charge in [0, 0.05) is 26.1 Å². The molecule has 0 bridgehead atoms. The number of benzene rings is 1. The third-order valence-corrected chi connectivity index (χ3v) is 6.47. The summed E-state index contributed by atoms with van der Waals surface area (Å²) >= 11 is 6.02. The first-order chi connectivity index (χ1) is 14.4. The number of amides is 1. The molecule has 1 atom stereocenters. The summed E-state index contributed by atoms with van der Waals surface area (Å²) in [6.07, 6.45) is 4.34. The lowest BCUT2D eigenvalue weighted by Crippen LogP contribution is -2.45. The van der Waals surface area contributed by atoms with Crippen molar-refractivity contribution >= 4 is 29.9 Å². The summed E-state index contributed by atoms with van der Waals surface area (Å²) in [5.41, 5.74) is -0.164. The molecular formula is C21H26ClFN2O5.